The fourth-order valence-corrected chi connectivity index (χ4v) is 12.3. The van der Waals surface area contributed by atoms with Crippen molar-refractivity contribution in [3.05, 3.63) is 83.0 Å². The fourth-order valence-electron chi connectivity index (χ4n) is 7.93. The largest absolute Gasteiger partial charge is 0.492 e. The normalized spacial score (nSPS) is 20.0. The summed E-state index contributed by atoms with van der Waals surface area (Å²) >= 11 is 0.866. The molecule has 1 aromatic carbocycles. The molecule has 4 aromatic rings. The van der Waals surface area contributed by atoms with Gasteiger partial charge in [0.25, 0.3) is 0 Å². The second kappa shape index (κ2) is 32.9. The summed E-state index contributed by atoms with van der Waals surface area (Å²) in [6.07, 6.45) is 8.14. The van der Waals surface area contributed by atoms with Crippen LogP contribution in [0.3, 0.4) is 0 Å². The van der Waals surface area contributed by atoms with E-state index in [0.717, 1.165) is 17.4 Å². The van der Waals surface area contributed by atoms with Crippen molar-refractivity contribution in [2.45, 2.75) is 115 Å². The number of ether oxygens (including phenoxy) is 1. The van der Waals surface area contributed by atoms with Crippen LogP contribution in [0, 0.1) is 0 Å². The molecule has 4 unspecified atom stereocenters. The lowest BCUT2D eigenvalue weighted by Crippen LogP contribution is -2.54. The molecule has 0 saturated heterocycles. The van der Waals surface area contributed by atoms with Crippen LogP contribution in [0.1, 0.15) is 86.3 Å². The molecular weight excluding hydrogens is 1260 g/mol. The van der Waals surface area contributed by atoms with Gasteiger partial charge in [0.1, 0.15) is 37.2 Å². The molecule has 438 valence electrons. The fraction of sp³-hybridized carbons (Fsp3) is 0.460. The Balaban J connectivity index is 1.35. The highest BCUT2D eigenvalue weighted by atomic mass is 127. The molecule has 0 aliphatic carbocycles. The number of hydrogen-bond acceptors (Lipinski definition) is 17. The molecular formula is C50H65IN8O16S5. The van der Waals surface area contributed by atoms with E-state index >= 15 is 0 Å². The van der Waals surface area contributed by atoms with Gasteiger partial charge in [0.05, 0.1) is 17.2 Å². The summed E-state index contributed by atoms with van der Waals surface area (Å²) < 4.78 is 101. The maximum atomic E-state index is 14.2. The van der Waals surface area contributed by atoms with E-state index in [1.165, 1.54) is 36.5 Å². The van der Waals surface area contributed by atoms with Gasteiger partial charge < -0.3 is 50.9 Å². The number of fused-ring (bicyclic) bond motifs is 30. The zero-order chi connectivity index (χ0) is 58.2. The number of nitrogens with zero attached hydrogens (tertiary/aromatic N) is 1. The quantitative estimate of drug-likeness (QED) is 0.0296. The molecule has 24 nitrogen and oxygen atoms in total. The number of oxazole rings is 1. The number of carbonyl (C=O) groups is 6. The van der Waals surface area contributed by atoms with Crippen molar-refractivity contribution in [1.29, 1.82) is 0 Å². The molecule has 4 bridgehead atoms. The van der Waals surface area contributed by atoms with Crippen molar-refractivity contribution in [3.63, 3.8) is 0 Å². The van der Waals surface area contributed by atoms with Crippen LogP contribution < -0.4 is 42.0 Å². The predicted molar refractivity (Wildman–Crippen MR) is 308 cm³/mol. The standard InChI is InChI=1S/C50H65IN8O16S5/c1-2-32-20-23-52-21-8-3-5-12-42(60)57-37(28-34-15-18-45(76-34)79(68,69)70)48(64)54-22-9-7-11-36(47(63)55-25-24-53-44(62)30-51)59-49(65)38(29-35-16-19-46(77-35)80(71,72)73)58-43(61)13-6-4-10-26-74-39-17-14-33(27-41(39)78(66)67)40-31-56-50(32)75-40/h2,14-20,27,31,36-38,52H,1,3-13,21-26,28-30H2,(H,53,62)(H,54,64)(H,55,63)(H,57,60)(H,58,61)(H,59,65)(H,66,67)(H,68,69,70)(H,71,72,73)/b32-20+. The minimum Gasteiger partial charge on any atom is -0.492 e. The van der Waals surface area contributed by atoms with Crippen LogP contribution in [0.2, 0.25) is 0 Å². The lowest BCUT2D eigenvalue weighted by atomic mass is 10.1. The van der Waals surface area contributed by atoms with Crippen molar-refractivity contribution < 1.29 is 72.6 Å². The lowest BCUT2D eigenvalue weighted by Gasteiger charge is -2.23. The topological polar surface area (TPSA) is 368 Å². The molecule has 3 aromatic heterocycles. The Morgan fingerprint density at radius 3 is 2.01 bits per heavy atom. The van der Waals surface area contributed by atoms with Crippen LogP contribution in [0.25, 0.3) is 16.9 Å². The van der Waals surface area contributed by atoms with E-state index in [4.69, 9.17) is 9.15 Å². The summed E-state index contributed by atoms with van der Waals surface area (Å²) in [5.74, 6) is -2.52. The molecule has 2 aliphatic heterocycles. The Kier molecular flexibility index (Phi) is 26.8. The Hall–Kier alpha value is -5.45. The molecule has 4 atom stereocenters. The highest BCUT2D eigenvalue weighted by Crippen LogP contribution is 2.31. The molecule has 2 aliphatic rings. The van der Waals surface area contributed by atoms with Crippen LogP contribution in [0.4, 0.5) is 0 Å². The van der Waals surface area contributed by atoms with Gasteiger partial charge in [-0.05, 0) is 100 Å². The third-order valence-electron chi connectivity index (χ3n) is 12.0. The van der Waals surface area contributed by atoms with Crippen LogP contribution in [0.15, 0.2) is 85.1 Å². The summed E-state index contributed by atoms with van der Waals surface area (Å²) in [5, 5.41) is 19.5. The Bertz CT molecular complexity index is 3070. The molecule has 6 rings (SSSR count). The van der Waals surface area contributed by atoms with Crippen LogP contribution >= 0.6 is 45.3 Å². The Morgan fingerprint density at radius 1 is 0.800 bits per heavy atom. The average molecular weight is 1320 g/mol. The van der Waals surface area contributed by atoms with Crippen molar-refractivity contribution in [2.24, 2.45) is 0 Å². The zero-order valence-electron chi connectivity index (χ0n) is 43.4. The van der Waals surface area contributed by atoms with E-state index in [1.54, 1.807) is 12.1 Å². The number of halogens is 1. The van der Waals surface area contributed by atoms with Crippen LogP contribution in [0.5, 0.6) is 5.75 Å². The van der Waals surface area contributed by atoms with Gasteiger partial charge in [0, 0.05) is 72.8 Å². The minimum absolute atomic E-state index is 0.00353. The number of rotatable bonds is 13. The van der Waals surface area contributed by atoms with E-state index in [1.807, 2.05) is 28.7 Å². The summed E-state index contributed by atoms with van der Waals surface area (Å²) in [4.78, 5) is 85.2. The second-order valence-electron chi connectivity index (χ2n) is 18.1. The number of thiophene rings is 2. The van der Waals surface area contributed by atoms with Crippen LogP contribution in [-0.4, -0.2) is 137 Å². The van der Waals surface area contributed by atoms with Gasteiger partial charge in [0.2, 0.25) is 41.3 Å². The zero-order valence-corrected chi connectivity index (χ0v) is 49.6. The average Bonchev–Trinajstić information content (AvgIpc) is 4.27. The molecule has 0 saturated carbocycles. The molecule has 0 spiro atoms. The molecule has 6 amide bonds. The van der Waals surface area contributed by atoms with Crippen molar-refractivity contribution in [3.8, 4) is 17.1 Å². The number of alkyl halides is 1. The smallest absolute Gasteiger partial charge is 0.304 e. The third-order valence-corrected chi connectivity index (χ3v) is 18.3. The molecule has 0 radical (unpaired) electrons. The maximum Gasteiger partial charge on any atom is 0.304 e. The highest BCUT2D eigenvalue weighted by molar-refractivity contribution is 14.1. The number of aromatic nitrogens is 1. The first-order valence-electron chi connectivity index (χ1n) is 25.4. The number of amides is 6. The number of benzene rings is 1. The third kappa shape index (κ3) is 22.1. The van der Waals surface area contributed by atoms with E-state index in [-0.39, 0.29) is 102 Å². The van der Waals surface area contributed by atoms with Crippen molar-refractivity contribution in [2.75, 3.05) is 43.8 Å². The molecule has 80 heavy (non-hydrogen) atoms. The Morgan fingerprint density at radius 2 is 1.41 bits per heavy atom. The number of hydrogen-bond donors (Lipinski definition) is 10. The first kappa shape index (κ1) is 65.4. The van der Waals surface area contributed by atoms with Gasteiger partial charge in [-0.25, -0.2) is 9.19 Å². The minimum atomic E-state index is -4.60. The molecule has 10 N–H and O–H groups in total. The molecule has 0 fully saturated rings. The summed E-state index contributed by atoms with van der Waals surface area (Å²) in [7, 11) is -9.12. The summed E-state index contributed by atoms with van der Waals surface area (Å²) in [6, 6.07) is 6.10. The Labute approximate surface area is 487 Å². The van der Waals surface area contributed by atoms with Crippen molar-refractivity contribution >= 4 is 118 Å². The van der Waals surface area contributed by atoms with Gasteiger partial charge in [0.15, 0.2) is 16.8 Å². The van der Waals surface area contributed by atoms with E-state index in [0.29, 0.717) is 89.6 Å². The number of allylic oxidation sites excluding steroid dienone is 2. The van der Waals surface area contributed by atoms with Gasteiger partial charge in [-0.15, -0.1) is 22.7 Å². The van der Waals surface area contributed by atoms with E-state index < -0.39 is 83.2 Å². The molecule has 5 heterocycles. The van der Waals surface area contributed by atoms with Crippen LogP contribution in [-0.2, 0) is 72.9 Å². The monoisotopic (exact) mass is 1320 g/mol. The van der Waals surface area contributed by atoms with E-state index in [2.05, 4.69) is 48.8 Å². The highest BCUT2D eigenvalue weighted by Gasteiger charge is 2.29. The maximum absolute atomic E-state index is 14.2. The summed E-state index contributed by atoms with van der Waals surface area (Å²) in [6.45, 7) is 5.14. The van der Waals surface area contributed by atoms with Gasteiger partial charge in [-0.2, -0.15) is 16.8 Å². The molecule has 30 heteroatoms. The number of nitrogens with one attached hydrogen (secondary N) is 7. The second-order valence-corrected chi connectivity index (χ2v) is 25.5. The SMILES string of the molecule is C=C/C1=C\CNCCCCCC(=O)NC(Cc2ccc(S(=O)(=O)O)s2)C(=O)NCCCCC(C(=O)NCCNC(=O)CI)NC(=O)C(Cc2ccc(S(=O)(=O)O)s2)NC(=O)CCCCCOc2ccc(cc2S(=O)O)-c2cnc1o2. The van der Waals surface area contributed by atoms with Gasteiger partial charge in [-0.1, -0.05) is 47.7 Å². The van der Waals surface area contributed by atoms with Gasteiger partial charge >= 0.3 is 20.2 Å². The summed E-state index contributed by atoms with van der Waals surface area (Å²) in [5.41, 5.74) is 1.06. The lowest BCUT2D eigenvalue weighted by molar-refractivity contribution is -0.132. The van der Waals surface area contributed by atoms with E-state index in [9.17, 15) is 63.5 Å². The first-order chi connectivity index (χ1) is 38.1. The van der Waals surface area contributed by atoms with Gasteiger partial charge in [-0.3, -0.25) is 37.9 Å². The first-order valence-corrected chi connectivity index (χ1v) is 32.6. The van der Waals surface area contributed by atoms with Crippen molar-refractivity contribution in [1.82, 2.24) is 42.2 Å². The number of carbonyl (C=O) groups excluding carboxylic acids is 6. The predicted octanol–water partition coefficient (Wildman–Crippen LogP) is 4.10.